The second-order valence-corrected chi connectivity index (χ2v) is 8.34. The first-order chi connectivity index (χ1) is 12.5. The Morgan fingerprint density at radius 2 is 1.31 bits per heavy atom. The molecule has 2 unspecified atom stereocenters. The number of carbonyl (C=O) groups excluding carboxylic acids is 2. The minimum Gasteiger partial charge on any atom is -0.333 e. The first-order valence-corrected chi connectivity index (χ1v) is 10.3. The maximum atomic E-state index is 12.5. The van der Waals surface area contributed by atoms with Crippen LogP contribution in [-0.4, -0.2) is 46.8 Å². The minimum absolute atomic E-state index is 0.000948. The number of carbonyl (C=O) groups is 2. The van der Waals surface area contributed by atoms with Crippen LogP contribution in [0.25, 0.3) is 12.2 Å². The number of nitrogens with zero attached hydrogens (tertiary/aromatic N) is 2. The van der Waals surface area contributed by atoms with E-state index in [0.29, 0.717) is 13.1 Å². The largest absolute Gasteiger partial charge is 0.333 e. The van der Waals surface area contributed by atoms with Crippen molar-refractivity contribution in [1.82, 2.24) is 9.80 Å². The van der Waals surface area contributed by atoms with E-state index in [1.165, 1.54) is 0 Å². The van der Waals surface area contributed by atoms with Crippen molar-refractivity contribution >= 4 is 46.6 Å². The number of hydrogen-bond donors (Lipinski definition) is 0. The summed E-state index contributed by atoms with van der Waals surface area (Å²) in [4.78, 5) is 30.9. The summed E-state index contributed by atoms with van der Waals surface area (Å²) in [5.41, 5.74) is 0. The van der Waals surface area contributed by atoms with Crippen molar-refractivity contribution in [3.63, 3.8) is 0 Å². The highest BCUT2D eigenvalue weighted by molar-refractivity contribution is 7.11. The Labute approximate surface area is 162 Å². The molecule has 6 heteroatoms. The zero-order chi connectivity index (χ0) is 18.5. The maximum Gasteiger partial charge on any atom is 0.246 e. The van der Waals surface area contributed by atoms with Gasteiger partial charge in [0.25, 0.3) is 0 Å². The zero-order valence-corrected chi connectivity index (χ0v) is 16.5. The Morgan fingerprint density at radius 1 is 0.885 bits per heavy atom. The molecule has 2 amide bonds. The Balaban J connectivity index is 1.61. The van der Waals surface area contributed by atoms with Gasteiger partial charge in [-0.25, -0.2) is 0 Å². The highest BCUT2D eigenvalue weighted by atomic mass is 32.1. The molecule has 136 valence electrons. The van der Waals surface area contributed by atoms with E-state index < -0.39 is 0 Å². The smallest absolute Gasteiger partial charge is 0.246 e. The Bertz CT molecular complexity index is 726. The van der Waals surface area contributed by atoms with Crippen LogP contribution in [0.3, 0.4) is 0 Å². The third-order valence-electron chi connectivity index (χ3n) is 4.42. The normalized spacial score (nSPS) is 21.0. The van der Waals surface area contributed by atoms with Crippen molar-refractivity contribution in [2.24, 2.45) is 0 Å². The van der Waals surface area contributed by atoms with Crippen LogP contribution >= 0.6 is 22.7 Å². The summed E-state index contributed by atoms with van der Waals surface area (Å²) in [5, 5.41) is 3.98. The van der Waals surface area contributed by atoms with E-state index in [1.54, 1.807) is 34.8 Å². The van der Waals surface area contributed by atoms with Crippen LogP contribution < -0.4 is 0 Å². The molecule has 0 N–H and O–H groups in total. The molecule has 1 aliphatic rings. The van der Waals surface area contributed by atoms with Crippen molar-refractivity contribution in [2.45, 2.75) is 25.9 Å². The lowest BCUT2D eigenvalue weighted by atomic mass is 10.1. The van der Waals surface area contributed by atoms with Gasteiger partial charge in [-0.05, 0) is 48.9 Å². The van der Waals surface area contributed by atoms with Gasteiger partial charge in [-0.2, -0.15) is 0 Å². The highest BCUT2D eigenvalue weighted by Crippen LogP contribution is 2.18. The van der Waals surface area contributed by atoms with E-state index in [-0.39, 0.29) is 23.9 Å². The molecule has 0 aromatic carbocycles. The van der Waals surface area contributed by atoms with Crippen LogP contribution in [0, 0.1) is 0 Å². The predicted octanol–water partition coefficient (Wildman–Crippen LogP) is 3.98. The standard InChI is InChI=1S/C20H22N2O2S2/c1-15-13-22(20(24)10-8-18-6-4-12-26-18)16(2)14-21(15)19(23)9-7-17-5-3-11-25-17/h3-12,15-16H,13-14H2,1-2H3/b9-7+,10-8+. The van der Waals surface area contributed by atoms with Crippen LogP contribution in [0.1, 0.15) is 23.6 Å². The summed E-state index contributed by atoms with van der Waals surface area (Å²) in [5.74, 6) is -0.00190. The Morgan fingerprint density at radius 3 is 1.65 bits per heavy atom. The van der Waals surface area contributed by atoms with Crippen LogP contribution in [0.4, 0.5) is 0 Å². The van der Waals surface area contributed by atoms with Crippen molar-refractivity contribution in [3.8, 4) is 0 Å². The fourth-order valence-electron chi connectivity index (χ4n) is 3.01. The van der Waals surface area contributed by atoms with E-state index >= 15 is 0 Å². The molecular formula is C20H22N2O2S2. The van der Waals surface area contributed by atoms with Gasteiger partial charge in [0, 0.05) is 47.1 Å². The average molecular weight is 387 g/mol. The van der Waals surface area contributed by atoms with Gasteiger partial charge in [-0.3, -0.25) is 9.59 Å². The summed E-state index contributed by atoms with van der Waals surface area (Å²) < 4.78 is 0. The lowest BCUT2D eigenvalue weighted by molar-refractivity contribution is -0.139. The van der Waals surface area contributed by atoms with E-state index in [4.69, 9.17) is 0 Å². The molecule has 3 rings (SSSR count). The van der Waals surface area contributed by atoms with Gasteiger partial charge < -0.3 is 9.80 Å². The number of amides is 2. The molecule has 1 saturated heterocycles. The van der Waals surface area contributed by atoms with Gasteiger partial charge in [-0.15, -0.1) is 22.7 Å². The first-order valence-electron chi connectivity index (χ1n) is 8.59. The summed E-state index contributed by atoms with van der Waals surface area (Å²) in [6.45, 7) is 5.08. The van der Waals surface area contributed by atoms with Crippen molar-refractivity contribution < 1.29 is 9.59 Å². The fraction of sp³-hybridized carbons (Fsp3) is 0.300. The number of piperazine rings is 1. The lowest BCUT2D eigenvalue weighted by Crippen LogP contribution is -2.59. The summed E-state index contributed by atoms with van der Waals surface area (Å²) in [6, 6.07) is 7.88. The summed E-state index contributed by atoms with van der Waals surface area (Å²) in [7, 11) is 0. The third-order valence-corrected chi connectivity index (χ3v) is 6.09. The maximum absolute atomic E-state index is 12.5. The molecule has 26 heavy (non-hydrogen) atoms. The van der Waals surface area contributed by atoms with Crippen molar-refractivity contribution in [1.29, 1.82) is 0 Å². The van der Waals surface area contributed by atoms with Crippen LogP contribution in [0.15, 0.2) is 47.2 Å². The number of thiophene rings is 2. The number of hydrogen-bond acceptors (Lipinski definition) is 4. The van der Waals surface area contributed by atoms with Gasteiger partial charge in [-0.1, -0.05) is 12.1 Å². The third kappa shape index (κ3) is 4.51. The molecule has 1 aliphatic heterocycles. The second kappa shape index (κ2) is 8.47. The minimum atomic E-state index is -0.00854. The Hall–Kier alpha value is -2.18. The van der Waals surface area contributed by atoms with E-state index in [9.17, 15) is 9.59 Å². The molecule has 0 radical (unpaired) electrons. The molecule has 0 spiro atoms. The molecule has 0 saturated carbocycles. The lowest BCUT2D eigenvalue weighted by Gasteiger charge is -2.43. The quantitative estimate of drug-likeness (QED) is 0.746. The molecule has 3 heterocycles. The molecule has 0 bridgehead atoms. The van der Waals surface area contributed by atoms with Crippen LogP contribution in [0.5, 0.6) is 0 Å². The molecule has 0 aliphatic carbocycles. The SMILES string of the molecule is CC1CN(C(=O)/C=C/c2cccs2)C(C)CN1C(=O)/C=C/c1cccs1. The molecule has 4 nitrogen and oxygen atoms in total. The van der Waals surface area contributed by atoms with Gasteiger partial charge in [0.15, 0.2) is 0 Å². The molecular weight excluding hydrogens is 364 g/mol. The summed E-state index contributed by atoms with van der Waals surface area (Å²) >= 11 is 3.21. The van der Waals surface area contributed by atoms with Crippen molar-refractivity contribution in [3.05, 3.63) is 56.9 Å². The monoisotopic (exact) mass is 386 g/mol. The number of rotatable bonds is 4. The fourth-order valence-corrected chi connectivity index (χ4v) is 4.25. The second-order valence-electron chi connectivity index (χ2n) is 6.38. The van der Waals surface area contributed by atoms with Crippen LogP contribution in [-0.2, 0) is 9.59 Å². The zero-order valence-electron chi connectivity index (χ0n) is 14.9. The van der Waals surface area contributed by atoms with E-state index in [2.05, 4.69) is 0 Å². The predicted molar refractivity (Wildman–Crippen MR) is 109 cm³/mol. The molecule has 2 aromatic rings. The summed E-state index contributed by atoms with van der Waals surface area (Å²) in [6.07, 6.45) is 6.96. The molecule has 1 fully saturated rings. The van der Waals surface area contributed by atoms with Crippen LogP contribution in [0.2, 0.25) is 0 Å². The first kappa shape index (κ1) is 18.6. The van der Waals surface area contributed by atoms with E-state index in [0.717, 1.165) is 9.75 Å². The van der Waals surface area contributed by atoms with Gasteiger partial charge in [0.1, 0.15) is 0 Å². The van der Waals surface area contributed by atoms with E-state index in [1.807, 2.05) is 70.8 Å². The van der Waals surface area contributed by atoms with Gasteiger partial charge >= 0.3 is 0 Å². The molecule has 2 atom stereocenters. The topological polar surface area (TPSA) is 40.6 Å². The van der Waals surface area contributed by atoms with Gasteiger partial charge in [0.05, 0.1) is 0 Å². The Kier molecular flexibility index (Phi) is 6.06. The average Bonchev–Trinajstić information content (AvgIpc) is 3.32. The van der Waals surface area contributed by atoms with Crippen molar-refractivity contribution in [2.75, 3.05) is 13.1 Å². The highest BCUT2D eigenvalue weighted by Gasteiger charge is 2.32. The molecule has 2 aromatic heterocycles. The van der Waals surface area contributed by atoms with Gasteiger partial charge in [0.2, 0.25) is 11.8 Å².